The molecule has 0 bridgehead atoms. The first-order chi connectivity index (χ1) is 13.4. The Hall–Kier alpha value is -2.38. The molecule has 0 saturated carbocycles. The van der Waals surface area contributed by atoms with Crippen molar-refractivity contribution in [2.75, 3.05) is 18.5 Å². The number of benzene rings is 2. The molecule has 0 saturated heterocycles. The number of rotatable bonds is 8. The summed E-state index contributed by atoms with van der Waals surface area (Å²) >= 11 is 8.66. The van der Waals surface area contributed by atoms with Gasteiger partial charge in [0.25, 0.3) is 5.91 Å². The molecule has 0 aliphatic heterocycles. The summed E-state index contributed by atoms with van der Waals surface area (Å²) in [6.45, 7) is 8.64. The van der Waals surface area contributed by atoms with E-state index in [2.05, 4.69) is 33.1 Å². The van der Waals surface area contributed by atoms with E-state index in [1.807, 2.05) is 38.1 Å². The van der Waals surface area contributed by atoms with E-state index in [4.69, 9.17) is 21.7 Å². The van der Waals surface area contributed by atoms with Gasteiger partial charge in [-0.3, -0.25) is 10.1 Å². The highest BCUT2D eigenvalue weighted by Gasteiger charge is 2.15. The van der Waals surface area contributed by atoms with Crippen molar-refractivity contribution in [2.45, 2.75) is 13.8 Å². The maximum Gasteiger partial charge on any atom is 0.261 e. The van der Waals surface area contributed by atoms with Crippen LogP contribution in [-0.2, 0) is 0 Å². The molecule has 1 amide bonds. The van der Waals surface area contributed by atoms with Crippen LogP contribution in [0, 0.1) is 5.92 Å². The van der Waals surface area contributed by atoms with Gasteiger partial charge in [-0.2, -0.15) is 0 Å². The lowest BCUT2D eigenvalue weighted by Gasteiger charge is -2.15. The highest BCUT2D eigenvalue weighted by atomic mass is 79.9. The van der Waals surface area contributed by atoms with E-state index < -0.39 is 0 Å². The Balaban J connectivity index is 2.05. The van der Waals surface area contributed by atoms with Crippen LogP contribution in [0.1, 0.15) is 24.2 Å². The molecule has 0 heterocycles. The lowest BCUT2D eigenvalue weighted by molar-refractivity contribution is 0.0973. The van der Waals surface area contributed by atoms with Gasteiger partial charge in [-0.1, -0.05) is 48.5 Å². The third-order valence-electron chi connectivity index (χ3n) is 3.45. The van der Waals surface area contributed by atoms with Crippen LogP contribution in [0.15, 0.2) is 59.6 Å². The average Bonchev–Trinajstić information content (AvgIpc) is 2.65. The van der Waals surface area contributed by atoms with E-state index in [0.29, 0.717) is 41.9 Å². The zero-order valence-corrected chi connectivity index (χ0v) is 18.2. The van der Waals surface area contributed by atoms with Crippen LogP contribution in [0.25, 0.3) is 0 Å². The number of halogens is 1. The summed E-state index contributed by atoms with van der Waals surface area (Å²) in [5, 5.41) is 5.85. The van der Waals surface area contributed by atoms with Gasteiger partial charge in [-0.15, -0.1) is 0 Å². The third kappa shape index (κ3) is 6.98. The number of carbonyl (C=O) groups excluding carboxylic acids is 1. The SMILES string of the molecule is C=CCOc1cccc(NC(=S)NC(=O)c2cc(Br)ccc2OCC(C)C)c1. The highest BCUT2D eigenvalue weighted by molar-refractivity contribution is 9.10. The minimum atomic E-state index is -0.350. The molecular weight excluding hydrogens is 440 g/mol. The summed E-state index contributed by atoms with van der Waals surface area (Å²) in [5.41, 5.74) is 1.11. The fourth-order valence-corrected chi connectivity index (χ4v) is 2.79. The van der Waals surface area contributed by atoms with Gasteiger partial charge in [-0.05, 0) is 48.5 Å². The van der Waals surface area contributed by atoms with E-state index in [-0.39, 0.29) is 11.0 Å². The Bertz CT molecular complexity index is 855. The topological polar surface area (TPSA) is 59.6 Å². The number of carbonyl (C=O) groups is 1. The first-order valence-electron chi connectivity index (χ1n) is 8.77. The quantitative estimate of drug-likeness (QED) is 0.418. The van der Waals surface area contributed by atoms with Crippen molar-refractivity contribution in [1.82, 2.24) is 5.32 Å². The molecule has 148 valence electrons. The predicted molar refractivity (Wildman–Crippen MR) is 120 cm³/mol. The van der Waals surface area contributed by atoms with Crippen molar-refractivity contribution in [3.05, 3.63) is 65.2 Å². The first-order valence-corrected chi connectivity index (χ1v) is 9.97. The van der Waals surface area contributed by atoms with E-state index in [1.54, 1.807) is 24.3 Å². The van der Waals surface area contributed by atoms with Gasteiger partial charge in [-0.25, -0.2) is 0 Å². The Morgan fingerprint density at radius 2 is 2.04 bits per heavy atom. The van der Waals surface area contributed by atoms with Gasteiger partial charge >= 0.3 is 0 Å². The molecule has 0 fully saturated rings. The molecule has 0 radical (unpaired) electrons. The van der Waals surface area contributed by atoms with E-state index >= 15 is 0 Å². The summed E-state index contributed by atoms with van der Waals surface area (Å²) in [5.74, 6) is 1.18. The van der Waals surface area contributed by atoms with Gasteiger partial charge in [0.15, 0.2) is 5.11 Å². The molecule has 28 heavy (non-hydrogen) atoms. The van der Waals surface area contributed by atoms with Crippen LogP contribution >= 0.6 is 28.1 Å². The molecule has 5 nitrogen and oxygen atoms in total. The summed E-state index contributed by atoms with van der Waals surface area (Å²) in [4.78, 5) is 12.7. The Morgan fingerprint density at radius 1 is 1.25 bits per heavy atom. The molecule has 7 heteroatoms. The van der Waals surface area contributed by atoms with Crippen LogP contribution < -0.4 is 20.1 Å². The average molecular weight is 463 g/mol. The van der Waals surface area contributed by atoms with Crippen LogP contribution in [0.2, 0.25) is 0 Å². The number of amides is 1. The number of thiocarbonyl (C=S) groups is 1. The number of hydrogen-bond acceptors (Lipinski definition) is 4. The van der Waals surface area contributed by atoms with Gasteiger partial charge in [0.2, 0.25) is 0 Å². The van der Waals surface area contributed by atoms with Crippen molar-refractivity contribution in [3.8, 4) is 11.5 Å². The molecule has 0 aliphatic rings. The molecule has 2 rings (SSSR count). The minimum Gasteiger partial charge on any atom is -0.492 e. The molecule has 2 N–H and O–H groups in total. The summed E-state index contributed by atoms with van der Waals surface area (Å²) in [6, 6.07) is 12.6. The highest BCUT2D eigenvalue weighted by Crippen LogP contribution is 2.24. The number of ether oxygens (including phenoxy) is 2. The largest absolute Gasteiger partial charge is 0.492 e. The lowest BCUT2D eigenvalue weighted by Crippen LogP contribution is -2.34. The van der Waals surface area contributed by atoms with Crippen molar-refractivity contribution in [2.24, 2.45) is 5.92 Å². The van der Waals surface area contributed by atoms with Gasteiger partial charge in [0.1, 0.15) is 18.1 Å². The normalized spacial score (nSPS) is 10.3. The van der Waals surface area contributed by atoms with Crippen molar-refractivity contribution in [3.63, 3.8) is 0 Å². The number of hydrogen-bond donors (Lipinski definition) is 2. The third-order valence-corrected chi connectivity index (χ3v) is 4.14. The Labute approximate surface area is 179 Å². The Morgan fingerprint density at radius 3 is 2.75 bits per heavy atom. The van der Waals surface area contributed by atoms with Crippen LogP contribution in [0.5, 0.6) is 11.5 Å². The molecule has 0 atom stereocenters. The molecular formula is C21H23BrN2O3S. The van der Waals surface area contributed by atoms with E-state index in [9.17, 15) is 4.79 Å². The van der Waals surface area contributed by atoms with Gasteiger partial charge in [0, 0.05) is 16.2 Å². The summed E-state index contributed by atoms with van der Waals surface area (Å²) < 4.78 is 12.0. The van der Waals surface area contributed by atoms with Crippen LogP contribution in [-0.4, -0.2) is 24.2 Å². The maximum atomic E-state index is 12.7. The first kappa shape index (κ1) is 21.9. The lowest BCUT2D eigenvalue weighted by atomic mass is 10.2. The van der Waals surface area contributed by atoms with Crippen molar-refractivity contribution in [1.29, 1.82) is 0 Å². The van der Waals surface area contributed by atoms with Gasteiger partial charge < -0.3 is 14.8 Å². The molecule has 0 aromatic heterocycles. The summed E-state index contributed by atoms with van der Waals surface area (Å²) in [7, 11) is 0. The molecule has 0 aliphatic carbocycles. The zero-order chi connectivity index (χ0) is 20.5. The van der Waals surface area contributed by atoms with Gasteiger partial charge in [0.05, 0.1) is 12.2 Å². The Kier molecular flexibility index (Phi) is 8.47. The molecule has 0 spiro atoms. The standard InChI is InChI=1S/C21H23BrN2O3S/c1-4-10-26-17-7-5-6-16(12-17)23-21(28)24-20(25)18-11-15(22)8-9-19(18)27-13-14(2)3/h4-9,11-12,14H,1,10,13H2,2-3H3,(H2,23,24,25,28). The predicted octanol–water partition coefficient (Wildman–Crippen LogP) is 5.18. The summed E-state index contributed by atoms with van der Waals surface area (Å²) in [6.07, 6.45) is 1.67. The zero-order valence-electron chi connectivity index (χ0n) is 15.8. The van der Waals surface area contributed by atoms with E-state index in [0.717, 1.165) is 4.47 Å². The van der Waals surface area contributed by atoms with Crippen LogP contribution in [0.3, 0.4) is 0 Å². The fourth-order valence-electron chi connectivity index (χ4n) is 2.21. The maximum absolute atomic E-state index is 12.7. The minimum absolute atomic E-state index is 0.181. The molecule has 0 unspecified atom stereocenters. The molecule has 2 aromatic carbocycles. The molecule has 2 aromatic rings. The van der Waals surface area contributed by atoms with Crippen molar-refractivity contribution < 1.29 is 14.3 Å². The number of nitrogens with one attached hydrogen (secondary N) is 2. The monoisotopic (exact) mass is 462 g/mol. The second-order valence-electron chi connectivity index (χ2n) is 6.38. The second-order valence-corrected chi connectivity index (χ2v) is 7.71. The number of anilines is 1. The second kappa shape index (κ2) is 10.8. The smallest absolute Gasteiger partial charge is 0.261 e. The van der Waals surface area contributed by atoms with E-state index in [1.165, 1.54) is 0 Å². The van der Waals surface area contributed by atoms with Crippen LogP contribution in [0.4, 0.5) is 5.69 Å². The van der Waals surface area contributed by atoms with Crippen molar-refractivity contribution >= 4 is 44.9 Å². The fraction of sp³-hybridized carbons (Fsp3) is 0.238.